The van der Waals surface area contributed by atoms with Crippen LogP contribution in [0.25, 0.3) is 0 Å². The van der Waals surface area contributed by atoms with Crippen molar-refractivity contribution in [3.63, 3.8) is 0 Å². The minimum atomic E-state index is -3.46. The fourth-order valence-corrected chi connectivity index (χ4v) is 5.19. The van der Waals surface area contributed by atoms with Gasteiger partial charge in [-0.25, -0.2) is 4.31 Å². The fourth-order valence-electron chi connectivity index (χ4n) is 3.62. The molecule has 0 bridgehead atoms. The van der Waals surface area contributed by atoms with Crippen molar-refractivity contribution in [2.75, 3.05) is 22.1 Å². The van der Waals surface area contributed by atoms with Crippen LogP contribution in [0.2, 0.25) is 0 Å². The van der Waals surface area contributed by atoms with Crippen LogP contribution in [-0.4, -0.2) is 32.4 Å². The van der Waals surface area contributed by atoms with Gasteiger partial charge in [-0.15, -0.1) is 0 Å². The molecule has 0 spiro atoms. The molecule has 1 fully saturated rings. The summed E-state index contributed by atoms with van der Waals surface area (Å²) in [6.45, 7) is 2.75. The Bertz CT molecular complexity index is 815. The van der Waals surface area contributed by atoms with Crippen LogP contribution < -0.4 is 9.03 Å². The molecule has 0 aliphatic carbocycles. The second-order valence-electron chi connectivity index (χ2n) is 6.41. The lowest BCUT2D eigenvalue weighted by Gasteiger charge is -2.36. The van der Waals surface area contributed by atoms with Crippen LogP contribution >= 0.6 is 0 Å². The molecule has 0 saturated carbocycles. The van der Waals surface area contributed by atoms with Gasteiger partial charge in [-0.3, -0.25) is 9.62 Å². The van der Waals surface area contributed by atoms with Gasteiger partial charge in [0.25, 0.3) is 0 Å². The van der Waals surface area contributed by atoms with E-state index in [2.05, 4.69) is 33.9 Å². The summed E-state index contributed by atoms with van der Waals surface area (Å²) in [6, 6.07) is 17.9. The fraction of sp³-hybridized carbons (Fsp3) is 0.333. The maximum Gasteiger partial charge on any atom is 0.324 e. The maximum atomic E-state index is 12.5. The highest BCUT2D eigenvalue weighted by Crippen LogP contribution is 2.38. The van der Waals surface area contributed by atoms with Gasteiger partial charge in [-0.2, -0.15) is 8.42 Å². The van der Waals surface area contributed by atoms with Crippen LogP contribution in [0.4, 0.5) is 11.4 Å². The van der Waals surface area contributed by atoms with Crippen molar-refractivity contribution in [2.24, 2.45) is 0 Å². The summed E-state index contributed by atoms with van der Waals surface area (Å²) in [5.41, 5.74) is 2.76. The van der Waals surface area contributed by atoms with E-state index in [4.69, 9.17) is 0 Å². The average Bonchev–Trinajstić information content (AvgIpc) is 2.86. The molecule has 2 aliphatic rings. The van der Waals surface area contributed by atoms with Gasteiger partial charge in [0.1, 0.15) is 0 Å². The Morgan fingerprint density at radius 1 is 0.958 bits per heavy atom. The monoisotopic (exact) mass is 343 g/mol. The molecule has 4 rings (SSSR count). The summed E-state index contributed by atoms with van der Waals surface area (Å²) in [6.07, 6.45) is 1.70. The number of piperidine rings is 1. The van der Waals surface area contributed by atoms with E-state index < -0.39 is 10.2 Å². The molecule has 0 aromatic heterocycles. The van der Waals surface area contributed by atoms with Crippen LogP contribution in [0.5, 0.6) is 0 Å². The number of anilines is 2. The zero-order valence-electron chi connectivity index (χ0n) is 13.4. The molecule has 2 aliphatic heterocycles. The summed E-state index contributed by atoms with van der Waals surface area (Å²) in [7, 11) is -3.46. The first kappa shape index (κ1) is 15.5. The number of nitrogens with zero attached hydrogens (tertiary/aromatic N) is 2. The lowest BCUT2D eigenvalue weighted by Crippen LogP contribution is -2.46. The molecular weight excluding hydrogens is 322 g/mol. The van der Waals surface area contributed by atoms with E-state index in [1.54, 1.807) is 4.31 Å². The van der Waals surface area contributed by atoms with Crippen molar-refractivity contribution in [1.29, 1.82) is 0 Å². The molecule has 2 aromatic carbocycles. The third kappa shape index (κ3) is 2.87. The molecule has 5 nitrogen and oxygen atoms in total. The Morgan fingerprint density at radius 2 is 1.62 bits per heavy atom. The maximum absolute atomic E-state index is 12.5. The number of hydrogen-bond donors (Lipinski definition) is 1. The van der Waals surface area contributed by atoms with Crippen molar-refractivity contribution in [3.8, 4) is 0 Å². The first-order valence-corrected chi connectivity index (χ1v) is 9.75. The van der Waals surface area contributed by atoms with Gasteiger partial charge in [0.05, 0.1) is 11.4 Å². The van der Waals surface area contributed by atoms with E-state index in [9.17, 15) is 8.42 Å². The van der Waals surface area contributed by atoms with Gasteiger partial charge in [0, 0.05) is 25.7 Å². The van der Waals surface area contributed by atoms with Gasteiger partial charge in [-0.1, -0.05) is 42.5 Å². The number of likely N-dealkylation sites (tertiary alicyclic amines) is 1. The Morgan fingerprint density at radius 3 is 2.38 bits per heavy atom. The lowest BCUT2D eigenvalue weighted by molar-refractivity contribution is 0.207. The zero-order valence-corrected chi connectivity index (χ0v) is 14.2. The molecule has 0 radical (unpaired) electrons. The number of hydrogen-bond acceptors (Lipinski definition) is 3. The predicted octanol–water partition coefficient (Wildman–Crippen LogP) is 2.83. The Labute approximate surface area is 143 Å². The van der Waals surface area contributed by atoms with Gasteiger partial charge >= 0.3 is 10.2 Å². The van der Waals surface area contributed by atoms with Gasteiger partial charge in [-0.05, 0) is 30.5 Å². The normalized spacial score (nSPS) is 20.6. The third-order valence-electron chi connectivity index (χ3n) is 4.78. The Kier molecular flexibility index (Phi) is 3.94. The molecule has 1 N–H and O–H groups in total. The minimum absolute atomic E-state index is 0.0261. The molecule has 126 valence electrons. The molecule has 2 aromatic rings. The first-order chi connectivity index (χ1) is 11.6. The second-order valence-corrected chi connectivity index (χ2v) is 7.96. The summed E-state index contributed by atoms with van der Waals surface area (Å²) in [5, 5.41) is 0. The molecule has 2 heterocycles. The van der Waals surface area contributed by atoms with Crippen molar-refractivity contribution in [1.82, 2.24) is 4.90 Å². The van der Waals surface area contributed by atoms with E-state index >= 15 is 0 Å². The van der Waals surface area contributed by atoms with E-state index in [-0.39, 0.29) is 6.04 Å². The van der Waals surface area contributed by atoms with Crippen LogP contribution in [-0.2, 0) is 16.8 Å². The minimum Gasteiger partial charge on any atom is -0.299 e. The first-order valence-electron chi connectivity index (χ1n) is 8.31. The van der Waals surface area contributed by atoms with Crippen molar-refractivity contribution in [2.45, 2.75) is 25.4 Å². The standard InChI is InChI=1S/C18H21N3O2S/c22-24(23)19-17-8-4-5-9-18(17)21(24)16-10-12-20(13-11-16)14-15-6-2-1-3-7-15/h1-9,16,19H,10-14H2. The third-order valence-corrected chi connectivity index (χ3v) is 6.27. The highest BCUT2D eigenvalue weighted by molar-refractivity contribution is 7.94. The van der Waals surface area contributed by atoms with Crippen LogP contribution in [0.1, 0.15) is 18.4 Å². The summed E-state index contributed by atoms with van der Waals surface area (Å²) >= 11 is 0. The summed E-state index contributed by atoms with van der Waals surface area (Å²) in [4.78, 5) is 2.40. The van der Waals surface area contributed by atoms with Crippen molar-refractivity contribution >= 4 is 21.6 Å². The number of fused-ring (bicyclic) bond motifs is 1. The van der Waals surface area contributed by atoms with E-state index in [0.29, 0.717) is 5.69 Å². The Hall–Kier alpha value is -2.05. The topological polar surface area (TPSA) is 52.7 Å². The van der Waals surface area contributed by atoms with Gasteiger partial charge in [0.15, 0.2) is 0 Å². The van der Waals surface area contributed by atoms with Gasteiger partial charge < -0.3 is 0 Å². The highest BCUT2D eigenvalue weighted by Gasteiger charge is 2.38. The number of para-hydroxylation sites is 2. The molecule has 1 saturated heterocycles. The molecule has 0 unspecified atom stereocenters. The zero-order chi connectivity index (χ0) is 16.6. The van der Waals surface area contributed by atoms with Crippen LogP contribution in [0.3, 0.4) is 0 Å². The SMILES string of the molecule is O=S1(=O)Nc2ccccc2N1C1CCN(Cc2ccccc2)CC1. The van der Waals surface area contributed by atoms with Crippen LogP contribution in [0.15, 0.2) is 54.6 Å². The number of nitrogens with one attached hydrogen (secondary N) is 1. The van der Waals surface area contributed by atoms with E-state index in [1.165, 1.54) is 5.56 Å². The second kappa shape index (κ2) is 6.11. The number of benzene rings is 2. The average molecular weight is 343 g/mol. The predicted molar refractivity (Wildman–Crippen MR) is 96.2 cm³/mol. The molecule has 0 atom stereocenters. The van der Waals surface area contributed by atoms with E-state index in [0.717, 1.165) is 38.2 Å². The number of rotatable bonds is 3. The van der Waals surface area contributed by atoms with Crippen molar-refractivity contribution < 1.29 is 8.42 Å². The molecule has 0 amide bonds. The smallest absolute Gasteiger partial charge is 0.299 e. The quantitative estimate of drug-likeness (QED) is 0.932. The van der Waals surface area contributed by atoms with Gasteiger partial charge in [0.2, 0.25) is 0 Å². The lowest BCUT2D eigenvalue weighted by atomic mass is 10.0. The molecule has 6 heteroatoms. The Balaban J connectivity index is 1.46. The van der Waals surface area contributed by atoms with Crippen LogP contribution in [0, 0.1) is 0 Å². The molecule has 24 heavy (non-hydrogen) atoms. The highest BCUT2D eigenvalue weighted by atomic mass is 32.2. The van der Waals surface area contributed by atoms with E-state index in [1.807, 2.05) is 30.3 Å². The summed E-state index contributed by atoms with van der Waals surface area (Å²) in [5.74, 6) is 0. The molecular formula is C18H21N3O2S. The van der Waals surface area contributed by atoms with Crippen molar-refractivity contribution in [3.05, 3.63) is 60.2 Å². The summed E-state index contributed by atoms with van der Waals surface area (Å²) < 4.78 is 29.2. The largest absolute Gasteiger partial charge is 0.324 e.